The number of imidazole rings is 1. The number of phenolic OH excluding ortho intramolecular Hbond substituents is 2. The molecular formula is C27H32N6O3. The lowest BCUT2D eigenvalue weighted by Gasteiger charge is -2.28. The molecule has 1 aliphatic heterocycles. The standard InChI is InChI=1S/C27H32N6O3/c1-18(2)33-17-28-24-25(29-27(30-26(24)33)32-13-3-4-21(32)16-34)31(14-19-5-9-22(35)10-6-19)15-20-7-11-23(36)12-8-20/h5-12,17-18,21,34-36H,3-4,13-16H2,1-2H3/t21-/m1/s1. The summed E-state index contributed by atoms with van der Waals surface area (Å²) in [7, 11) is 0. The quantitative estimate of drug-likeness (QED) is 0.342. The van der Waals surface area contributed by atoms with Gasteiger partial charge in [-0.3, -0.25) is 0 Å². The minimum absolute atomic E-state index is 0.00614. The number of aromatic nitrogens is 4. The number of hydrogen-bond donors (Lipinski definition) is 3. The fourth-order valence-electron chi connectivity index (χ4n) is 4.76. The predicted octanol–water partition coefficient (Wildman–Crippen LogP) is 3.99. The van der Waals surface area contributed by atoms with Crippen molar-refractivity contribution in [2.75, 3.05) is 23.0 Å². The Morgan fingerprint density at radius 2 is 1.56 bits per heavy atom. The van der Waals surface area contributed by atoms with E-state index in [9.17, 15) is 15.3 Å². The number of aromatic hydroxyl groups is 2. The van der Waals surface area contributed by atoms with E-state index in [1.54, 1.807) is 24.3 Å². The number of aliphatic hydroxyl groups is 1. The van der Waals surface area contributed by atoms with Crippen LogP contribution in [0.4, 0.5) is 11.8 Å². The molecule has 5 rings (SSSR count). The molecule has 188 valence electrons. The zero-order valence-corrected chi connectivity index (χ0v) is 20.6. The van der Waals surface area contributed by atoms with Crippen molar-refractivity contribution >= 4 is 22.9 Å². The summed E-state index contributed by atoms with van der Waals surface area (Å²) in [5.41, 5.74) is 3.50. The fraction of sp³-hybridized carbons (Fsp3) is 0.370. The summed E-state index contributed by atoms with van der Waals surface area (Å²) in [6.45, 7) is 6.11. The fourth-order valence-corrected chi connectivity index (χ4v) is 4.76. The minimum Gasteiger partial charge on any atom is -0.508 e. The van der Waals surface area contributed by atoms with Gasteiger partial charge in [-0.1, -0.05) is 24.3 Å². The average Bonchev–Trinajstić information content (AvgIpc) is 3.53. The number of phenols is 2. The molecule has 0 bridgehead atoms. The van der Waals surface area contributed by atoms with Gasteiger partial charge in [0.25, 0.3) is 0 Å². The Balaban J connectivity index is 1.64. The lowest BCUT2D eigenvalue weighted by Crippen LogP contribution is -2.34. The Labute approximate surface area is 210 Å². The second-order valence-corrected chi connectivity index (χ2v) is 9.63. The monoisotopic (exact) mass is 488 g/mol. The molecule has 0 unspecified atom stereocenters. The Kier molecular flexibility index (Phi) is 6.65. The summed E-state index contributed by atoms with van der Waals surface area (Å²) in [4.78, 5) is 18.9. The maximum absolute atomic E-state index is 9.96. The van der Waals surface area contributed by atoms with Gasteiger partial charge in [0.05, 0.1) is 19.0 Å². The molecule has 0 aliphatic carbocycles. The van der Waals surface area contributed by atoms with Gasteiger partial charge in [0, 0.05) is 25.7 Å². The molecule has 0 saturated carbocycles. The van der Waals surface area contributed by atoms with Gasteiger partial charge < -0.3 is 29.7 Å². The van der Waals surface area contributed by atoms with Gasteiger partial charge in [-0.15, -0.1) is 0 Å². The smallest absolute Gasteiger partial charge is 0.229 e. The molecule has 1 saturated heterocycles. The molecule has 9 nitrogen and oxygen atoms in total. The Morgan fingerprint density at radius 1 is 0.944 bits per heavy atom. The maximum Gasteiger partial charge on any atom is 0.229 e. The van der Waals surface area contributed by atoms with Crippen LogP contribution in [0, 0.1) is 0 Å². The third-order valence-electron chi connectivity index (χ3n) is 6.71. The van der Waals surface area contributed by atoms with E-state index < -0.39 is 0 Å². The molecule has 1 fully saturated rings. The van der Waals surface area contributed by atoms with Crippen LogP contribution in [0.25, 0.3) is 11.2 Å². The van der Waals surface area contributed by atoms with Gasteiger partial charge in [-0.05, 0) is 62.1 Å². The molecule has 0 spiro atoms. The van der Waals surface area contributed by atoms with Crippen molar-refractivity contribution in [1.82, 2.24) is 19.5 Å². The Hall–Kier alpha value is -3.85. The van der Waals surface area contributed by atoms with E-state index in [4.69, 9.17) is 15.0 Å². The second-order valence-electron chi connectivity index (χ2n) is 9.63. The highest BCUT2D eigenvalue weighted by Gasteiger charge is 2.29. The van der Waals surface area contributed by atoms with Gasteiger partial charge in [0.15, 0.2) is 17.0 Å². The molecule has 9 heteroatoms. The lowest BCUT2D eigenvalue weighted by molar-refractivity contribution is 0.265. The van der Waals surface area contributed by atoms with Crippen LogP contribution in [-0.4, -0.2) is 54.0 Å². The van der Waals surface area contributed by atoms with E-state index >= 15 is 0 Å². The molecule has 36 heavy (non-hydrogen) atoms. The van der Waals surface area contributed by atoms with E-state index in [2.05, 4.69) is 23.6 Å². The van der Waals surface area contributed by atoms with Crippen molar-refractivity contribution < 1.29 is 15.3 Å². The minimum atomic E-state index is -0.00614. The summed E-state index contributed by atoms with van der Waals surface area (Å²) in [5, 5.41) is 29.5. The summed E-state index contributed by atoms with van der Waals surface area (Å²) in [5.74, 6) is 1.74. The van der Waals surface area contributed by atoms with Crippen molar-refractivity contribution in [3.05, 3.63) is 66.0 Å². The number of rotatable bonds is 8. The van der Waals surface area contributed by atoms with Gasteiger partial charge >= 0.3 is 0 Å². The number of anilines is 2. The second kappa shape index (κ2) is 10.0. The molecule has 0 amide bonds. The van der Waals surface area contributed by atoms with E-state index in [-0.39, 0.29) is 30.2 Å². The number of fused-ring (bicyclic) bond motifs is 1. The molecular weight excluding hydrogens is 456 g/mol. The van der Waals surface area contributed by atoms with E-state index in [1.165, 1.54) is 0 Å². The highest BCUT2D eigenvalue weighted by Crippen LogP contribution is 2.32. The van der Waals surface area contributed by atoms with Gasteiger partial charge in [-0.2, -0.15) is 9.97 Å². The molecule has 3 heterocycles. The molecule has 3 N–H and O–H groups in total. The summed E-state index contributed by atoms with van der Waals surface area (Å²) < 4.78 is 2.05. The van der Waals surface area contributed by atoms with Crippen molar-refractivity contribution in [2.24, 2.45) is 0 Å². The molecule has 0 radical (unpaired) electrons. The number of aliphatic hydroxyl groups excluding tert-OH is 1. The molecule has 1 aliphatic rings. The third-order valence-corrected chi connectivity index (χ3v) is 6.71. The zero-order chi connectivity index (χ0) is 25.2. The van der Waals surface area contributed by atoms with Crippen LogP contribution in [0.1, 0.15) is 43.9 Å². The lowest BCUT2D eigenvalue weighted by atomic mass is 10.1. The number of hydrogen-bond acceptors (Lipinski definition) is 8. The van der Waals surface area contributed by atoms with Crippen molar-refractivity contribution in [2.45, 2.75) is 51.9 Å². The third kappa shape index (κ3) is 4.79. The van der Waals surface area contributed by atoms with Crippen LogP contribution in [0.3, 0.4) is 0 Å². The molecule has 4 aromatic rings. The first-order valence-corrected chi connectivity index (χ1v) is 12.4. The maximum atomic E-state index is 9.96. The Bertz CT molecular complexity index is 1270. The Morgan fingerprint density at radius 3 is 2.11 bits per heavy atom. The number of nitrogens with zero attached hydrogens (tertiary/aromatic N) is 6. The van der Waals surface area contributed by atoms with E-state index in [0.29, 0.717) is 30.4 Å². The van der Waals surface area contributed by atoms with Crippen molar-refractivity contribution in [1.29, 1.82) is 0 Å². The normalized spacial score (nSPS) is 15.8. The zero-order valence-electron chi connectivity index (χ0n) is 20.6. The van der Waals surface area contributed by atoms with Gasteiger partial charge in [0.1, 0.15) is 11.5 Å². The summed E-state index contributed by atoms with van der Waals surface area (Å²) in [6.07, 6.45) is 3.70. The number of benzene rings is 2. The molecule has 2 aromatic heterocycles. The van der Waals surface area contributed by atoms with Gasteiger partial charge in [-0.25, -0.2) is 4.98 Å². The van der Waals surface area contributed by atoms with Crippen LogP contribution in [0.2, 0.25) is 0 Å². The molecule has 2 aromatic carbocycles. The van der Waals surface area contributed by atoms with Crippen LogP contribution in [0.15, 0.2) is 54.9 Å². The van der Waals surface area contributed by atoms with Crippen LogP contribution >= 0.6 is 0 Å². The van der Waals surface area contributed by atoms with E-state index in [1.807, 2.05) is 35.2 Å². The SMILES string of the molecule is CC(C)n1cnc2c(N(Cc3ccc(O)cc3)Cc3ccc(O)cc3)nc(N3CCC[C@@H]3CO)nc21. The van der Waals surface area contributed by atoms with Crippen molar-refractivity contribution in [3.63, 3.8) is 0 Å². The first-order chi connectivity index (χ1) is 17.4. The average molecular weight is 489 g/mol. The predicted molar refractivity (Wildman–Crippen MR) is 139 cm³/mol. The summed E-state index contributed by atoms with van der Waals surface area (Å²) >= 11 is 0. The van der Waals surface area contributed by atoms with Gasteiger partial charge in [0.2, 0.25) is 5.95 Å². The highest BCUT2D eigenvalue weighted by molar-refractivity contribution is 5.85. The largest absolute Gasteiger partial charge is 0.508 e. The summed E-state index contributed by atoms with van der Waals surface area (Å²) in [6, 6.07) is 14.5. The highest BCUT2D eigenvalue weighted by atomic mass is 16.3. The first kappa shape index (κ1) is 23.9. The van der Waals surface area contributed by atoms with E-state index in [0.717, 1.165) is 36.2 Å². The van der Waals surface area contributed by atoms with Crippen LogP contribution in [0.5, 0.6) is 11.5 Å². The first-order valence-electron chi connectivity index (χ1n) is 12.4. The van der Waals surface area contributed by atoms with Crippen LogP contribution in [-0.2, 0) is 13.1 Å². The topological polar surface area (TPSA) is 111 Å². The molecule has 1 atom stereocenters. The van der Waals surface area contributed by atoms with Crippen LogP contribution < -0.4 is 9.80 Å². The van der Waals surface area contributed by atoms with Crippen molar-refractivity contribution in [3.8, 4) is 11.5 Å².